The molecule has 0 aliphatic rings. The number of halogens is 1. The van der Waals surface area contributed by atoms with E-state index in [0.717, 1.165) is 5.69 Å². The Bertz CT molecular complexity index is 475. The number of hydrogen-bond donors (Lipinski definition) is 1. The molecular weight excluding hydrogens is 200 g/mol. The van der Waals surface area contributed by atoms with Gasteiger partial charge in [0.25, 0.3) is 0 Å². The molecule has 5 heteroatoms. The molecule has 0 aliphatic carbocycles. The Morgan fingerprint density at radius 3 is 2.71 bits per heavy atom. The molecule has 0 saturated carbocycles. The molecule has 0 spiro atoms. The zero-order valence-corrected chi connectivity index (χ0v) is 8.78. The maximum absolute atomic E-state index is 5.77. The predicted octanol–water partition coefficient (Wildman–Crippen LogP) is 2.09. The highest BCUT2D eigenvalue weighted by Crippen LogP contribution is 2.19. The maximum atomic E-state index is 5.77. The molecule has 2 rings (SSSR count). The fourth-order valence-electron chi connectivity index (χ4n) is 1.29. The van der Waals surface area contributed by atoms with Crippen molar-refractivity contribution >= 4 is 23.1 Å². The van der Waals surface area contributed by atoms with Gasteiger partial charge in [0, 0.05) is 12.4 Å². The van der Waals surface area contributed by atoms with Crippen LogP contribution < -0.4 is 5.73 Å². The van der Waals surface area contributed by atoms with Crippen molar-refractivity contribution < 1.29 is 0 Å². The third kappa shape index (κ3) is 1.42. The molecule has 2 aromatic rings. The largest absolute Gasteiger partial charge is 0.381 e. The van der Waals surface area contributed by atoms with Crippen LogP contribution >= 0.6 is 11.6 Å². The first-order valence-electron chi connectivity index (χ1n) is 4.38. The van der Waals surface area contributed by atoms with Gasteiger partial charge in [-0.2, -0.15) is 0 Å². The average Bonchev–Trinajstić information content (AvgIpc) is 2.47. The molecule has 2 heterocycles. The molecule has 0 amide bonds. The third-order valence-corrected chi connectivity index (χ3v) is 2.23. The molecule has 0 radical (unpaired) electrons. The Balaban J connectivity index is 2.70. The number of imidazole rings is 1. The standard InChI is InChI=1S/C9H11ClN4/c1-5(2)6-3-14-4-7(10)13-8(11)9(14)12-6/h3-5H,1-2H3,(H2,11,13). The van der Waals surface area contributed by atoms with Gasteiger partial charge in [-0.25, -0.2) is 9.97 Å². The number of fused-ring (bicyclic) bond motifs is 1. The van der Waals surface area contributed by atoms with E-state index < -0.39 is 0 Å². The number of nitrogens with two attached hydrogens (primary N) is 1. The quantitative estimate of drug-likeness (QED) is 0.784. The van der Waals surface area contributed by atoms with Crippen molar-refractivity contribution in [2.24, 2.45) is 0 Å². The highest BCUT2D eigenvalue weighted by Gasteiger charge is 2.09. The SMILES string of the molecule is CC(C)c1cn2cc(Cl)nc(N)c2n1. The Hall–Kier alpha value is -1.29. The number of nitrogen functional groups attached to an aromatic ring is 1. The zero-order valence-electron chi connectivity index (χ0n) is 8.03. The minimum atomic E-state index is 0.365. The summed E-state index contributed by atoms with van der Waals surface area (Å²) < 4.78 is 1.81. The summed E-state index contributed by atoms with van der Waals surface area (Å²) in [7, 11) is 0. The van der Waals surface area contributed by atoms with Crippen molar-refractivity contribution in [1.29, 1.82) is 0 Å². The van der Waals surface area contributed by atoms with Gasteiger partial charge < -0.3 is 10.1 Å². The first-order chi connectivity index (χ1) is 6.58. The van der Waals surface area contributed by atoms with Crippen molar-refractivity contribution in [3.63, 3.8) is 0 Å². The smallest absolute Gasteiger partial charge is 0.180 e. The molecule has 0 fully saturated rings. The van der Waals surface area contributed by atoms with Crippen LogP contribution in [-0.2, 0) is 0 Å². The van der Waals surface area contributed by atoms with Gasteiger partial charge in [-0.15, -0.1) is 0 Å². The molecule has 0 aromatic carbocycles. The van der Waals surface area contributed by atoms with E-state index >= 15 is 0 Å². The van der Waals surface area contributed by atoms with Crippen LogP contribution in [0.25, 0.3) is 5.65 Å². The second-order valence-electron chi connectivity index (χ2n) is 3.50. The lowest BCUT2D eigenvalue weighted by atomic mass is 10.2. The van der Waals surface area contributed by atoms with Gasteiger partial charge in [0.05, 0.1) is 5.69 Å². The predicted molar refractivity (Wildman–Crippen MR) is 56.5 cm³/mol. The van der Waals surface area contributed by atoms with Crippen LogP contribution in [0.2, 0.25) is 5.15 Å². The topological polar surface area (TPSA) is 56.2 Å². The molecule has 2 aromatic heterocycles. The minimum absolute atomic E-state index is 0.365. The van der Waals surface area contributed by atoms with Gasteiger partial charge in [-0.05, 0) is 5.92 Å². The van der Waals surface area contributed by atoms with Crippen molar-refractivity contribution in [2.75, 3.05) is 5.73 Å². The van der Waals surface area contributed by atoms with E-state index in [4.69, 9.17) is 17.3 Å². The fraction of sp³-hybridized carbons (Fsp3) is 0.333. The lowest BCUT2D eigenvalue weighted by Crippen LogP contribution is -1.96. The first-order valence-corrected chi connectivity index (χ1v) is 4.76. The molecule has 0 aliphatic heterocycles. The second kappa shape index (κ2) is 3.13. The lowest BCUT2D eigenvalue weighted by molar-refractivity contribution is 0.834. The van der Waals surface area contributed by atoms with Gasteiger partial charge in [0.15, 0.2) is 11.5 Å². The van der Waals surface area contributed by atoms with Gasteiger partial charge in [0.1, 0.15) is 5.15 Å². The van der Waals surface area contributed by atoms with E-state index in [9.17, 15) is 0 Å². The van der Waals surface area contributed by atoms with E-state index in [1.165, 1.54) is 0 Å². The van der Waals surface area contributed by atoms with Crippen molar-refractivity contribution in [1.82, 2.24) is 14.4 Å². The van der Waals surface area contributed by atoms with Crippen LogP contribution in [0, 0.1) is 0 Å². The van der Waals surface area contributed by atoms with Gasteiger partial charge in [-0.1, -0.05) is 25.4 Å². The Kier molecular flexibility index (Phi) is 2.07. The van der Waals surface area contributed by atoms with Gasteiger partial charge >= 0.3 is 0 Å². The second-order valence-corrected chi connectivity index (χ2v) is 3.89. The number of anilines is 1. The van der Waals surface area contributed by atoms with Crippen LogP contribution in [0.4, 0.5) is 5.82 Å². The van der Waals surface area contributed by atoms with Crippen LogP contribution in [0.1, 0.15) is 25.5 Å². The third-order valence-electron chi connectivity index (χ3n) is 2.04. The molecular formula is C9H11ClN4. The van der Waals surface area contributed by atoms with Gasteiger partial charge in [-0.3, -0.25) is 0 Å². The Morgan fingerprint density at radius 1 is 1.36 bits per heavy atom. The fourth-order valence-corrected chi connectivity index (χ4v) is 1.48. The number of hydrogen-bond acceptors (Lipinski definition) is 3. The molecule has 4 nitrogen and oxygen atoms in total. The highest BCUT2D eigenvalue weighted by atomic mass is 35.5. The van der Waals surface area contributed by atoms with E-state index in [1.54, 1.807) is 10.6 Å². The van der Waals surface area contributed by atoms with Crippen molar-refractivity contribution in [2.45, 2.75) is 19.8 Å². The first kappa shape index (κ1) is 9.27. The van der Waals surface area contributed by atoms with Crippen LogP contribution in [0.3, 0.4) is 0 Å². The van der Waals surface area contributed by atoms with Crippen LogP contribution in [0.15, 0.2) is 12.4 Å². The summed E-state index contributed by atoms with van der Waals surface area (Å²) in [5.74, 6) is 0.734. The molecule has 0 bridgehead atoms. The summed E-state index contributed by atoms with van der Waals surface area (Å²) in [6.45, 7) is 4.15. The van der Waals surface area contributed by atoms with E-state index in [1.807, 2.05) is 6.20 Å². The molecule has 2 N–H and O–H groups in total. The van der Waals surface area contributed by atoms with Crippen LogP contribution in [0.5, 0.6) is 0 Å². The van der Waals surface area contributed by atoms with Crippen molar-refractivity contribution in [3.05, 3.63) is 23.2 Å². The summed E-state index contributed by atoms with van der Waals surface area (Å²) in [5, 5.41) is 0.378. The summed E-state index contributed by atoms with van der Waals surface area (Å²) in [6.07, 6.45) is 3.62. The number of nitrogens with zero attached hydrogens (tertiary/aromatic N) is 3. The summed E-state index contributed by atoms with van der Waals surface area (Å²) in [4.78, 5) is 8.30. The van der Waals surface area contributed by atoms with Crippen LogP contribution in [-0.4, -0.2) is 14.4 Å². The van der Waals surface area contributed by atoms with Gasteiger partial charge in [0.2, 0.25) is 0 Å². The number of aromatic nitrogens is 3. The normalized spacial score (nSPS) is 11.4. The minimum Gasteiger partial charge on any atom is -0.381 e. The average molecular weight is 211 g/mol. The summed E-state index contributed by atoms with van der Waals surface area (Å²) in [5.41, 5.74) is 7.34. The van der Waals surface area contributed by atoms with E-state index in [2.05, 4.69) is 23.8 Å². The highest BCUT2D eigenvalue weighted by molar-refractivity contribution is 6.29. The zero-order chi connectivity index (χ0) is 10.3. The maximum Gasteiger partial charge on any atom is 0.180 e. The molecule has 0 saturated heterocycles. The molecule has 0 unspecified atom stereocenters. The summed E-state index contributed by atoms with van der Waals surface area (Å²) >= 11 is 5.77. The molecule has 14 heavy (non-hydrogen) atoms. The molecule has 74 valence electrons. The van der Waals surface area contributed by atoms with Crippen molar-refractivity contribution in [3.8, 4) is 0 Å². The lowest BCUT2D eigenvalue weighted by Gasteiger charge is -1.96. The molecule has 0 atom stereocenters. The van der Waals surface area contributed by atoms with E-state index in [0.29, 0.717) is 22.5 Å². The summed E-state index contributed by atoms with van der Waals surface area (Å²) in [6, 6.07) is 0. The monoisotopic (exact) mass is 210 g/mol. The van der Waals surface area contributed by atoms with E-state index in [-0.39, 0.29) is 0 Å². The number of rotatable bonds is 1. The Morgan fingerprint density at radius 2 is 2.07 bits per heavy atom. The Labute approximate surface area is 86.7 Å².